The van der Waals surface area contributed by atoms with Gasteiger partial charge in [0.05, 0.1) is 23.2 Å². The molecule has 22 heavy (non-hydrogen) atoms. The summed E-state index contributed by atoms with van der Waals surface area (Å²) < 4.78 is 7.31. The van der Waals surface area contributed by atoms with Crippen LogP contribution in [0.15, 0.2) is 47.3 Å². The van der Waals surface area contributed by atoms with Gasteiger partial charge in [-0.15, -0.1) is 0 Å². The zero-order valence-electron chi connectivity index (χ0n) is 13.0. The van der Waals surface area contributed by atoms with Crippen molar-refractivity contribution in [2.24, 2.45) is 0 Å². The summed E-state index contributed by atoms with van der Waals surface area (Å²) in [5.41, 5.74) is 2.45. The highest BCUT2D eigenvalue weighted by molar-refractivity contribution is 5.78. The minimum absolute atomic E-state index is 0.0744. The van der Waals surface area contributed by atoms with E-state index in [1.165, 1.54) is 0 Å². The number of aromatic nitrogens is 2. The molecule has 0 saturated carbocycles. The predicted molar refractivity (Wildman–Crippen MR) is 88.0 cm³/mol. The number of para-hydroxylation sites is 1. The van der Waals surface area contributed by atoms with Gasteiger partial charge in [-0.2, -0.15) is 0 Å². The lowest BCUT2D eigenvalue weighted by Crippen LogP contribution is -2.23. The van der Waals surface area contributed by atoms with Gasteiger partial charge in [0, 0.05) is 0 Å². The van der Waals surface area contributed by atoms with Crippen molar-refractivity contribution < 1.29 is 4.74 Å². The van der Waals surface area contributed by atoms with E-state index in [1.807, 2.05) is 57.2 Å². The van der Waals surface area contributed by atoms with Crippen LogP contribution < -0.4 is 10.3 Å². The van der Waals surface area contributed by atoms with E-state index in [0.29, 0.717) is 29.1 Å². The third-order valence-electron chi connectivity index (χ3n) is 3.60. The molecule has 3 rings (SSSR count). The second-order valence-corrected chi connectivity index (χ2v) is 5.22. The SMILES string of the molecule is CCOc1ccc(C)cc1-n1c(C)nc2ccccc2c1=O. The highest BCUT2D eigenvalue weighted by atomic mass is 16.5. The maximum absolute atomic E-state index is 12.9. The van der Waals surface area contributed by atoms with Crippen LogP contribution in [0.4, 0.5) is 0 Å². The first-order chi connectivity index (χ1) is 10.6. The van der Waals surface area contributed by atoms with Gasteiger partial charge in [-0.3, -0.25) is 9.36 Å². The summed E-state index contributed by atoms with van der Waals surface area (Å²) in [6, 6.07) is 13.2. The molecule has 0 aliphatic heterocycles. The summed E-state index contributed by atoms with van der Waals surface area (Å²) >= 11 is 0. The molecule has 1 heterocycles. The Bertz CT molecular complexity index is 897. The van der Waals surface area contributed by atoms with Crippen molar-refractivity contribution in [1.82, 2.24) is 9.55 Å². The molecule has 112 valence electrons. The Morgan fingerprint density at radius 1 is 1.14 bits per heavy atom. The highest BCUT2D eigenvalue weighted by Crippen LogP contribution is 2.24. The van der Waals surface area contributed by atoms with E-state index in [9.17, 15) is 4.79 Å². The first-order valence-electron chi connectivity index (χ1n) is 7.34. The van der Waals surface area contributed by atoms with Crippen LogP contribution in [0.3, 0.4) is 0 Å². The highest BCUT2D eigenvalue weighted by Gasteiger charge is 2.13. The van der Waals surface area contributed by atoms with Crippen LogP contribution in [0, 0.1) is 13.8 Å². The molecule has 2 aromatic carbocycles. The van der Waals surface area contributed by atoms with Crippen LogP contribution in [0.1, 0.15) is 18.3 Å². The number of nitrogens with zero attached hydrogens (tertiary/aromatic N) is 2. The van der Waals surface area contributed by atoms with Crippen LogP contribution in [-0.4, -0.2) is 16.2 Å². The summed E-state index contributed by atoms with van der Waals surface area (Å²) in [6.45, 7) is 6.31. The normalized spacial score (nSPS) is 10.9. The Kier molecular flexibility index (Phi) is 3.67. The van der Waals surface area contributed by atoms with E-state index in [2.05, 4.69) is 4.98 Å². The average Bonchev–Trinajstić information content (AvgIpc) is 2.50. The maximum Gasteiger partial charge on any atom is 0.266 e. The Labute approximate surface area is 129 Å². The lowest BCUT2D eigenvalue weighted by atomic mass is 10.2. The van der Waals surface area contributed by atoms with Crippen molar-refractivity contribution in [3.63, 3.8) is 0 Å². The molecule has 0 aliphatic rings. The smallest absolute Gasteiger partial charge is 0.266 e. The first-order valence-corrected chi connectivity index (χ1v) is 7.34. The zero-order chi connectivity index (χ0) is 15.7. The molecule has 4 nitrogen and oxygen atoms in total. The molecule has 0 N–H and O–H groups in total. The number of hydrogen-bond donors (Lipinski definition) is 0. The second kappa shape index (κ2) is 5.64. The summed E-state index contributed by atoms with van der Waals surface area (Å²) in [5.74, 6) is 1.34. The predicted octanol–water partition coefficient (Wildman–Crippen LogP) is 3.40. The van der Waals surface area contributed by atoms with Crippen molar-refractivity contribution in [3.05, 3.63) is 64.2 Å². The van der Waals surface area contributed by atoms with Gasteiger partial charge < -0.3 is 4.74 Å². The molecule has 3 aromatic rings. The topological polar surface area (TPSA) is 44.1 Å². The number of rotatable bonds is 3. The van der Waals surface area contributed by atoms with E-state index >= 15 is 0 Å². The van der Waals surface area contributed by atoms with Crippen molar-refractivity contribution in [2.45, 2.75) is 20.8 Å². The lowest BCUT2D eigenvalue weighted by Gasteiger charge is -2.15. The molecule has 0 spiro atoms. The Hall–Kier alpha value is -2.62. The number of aryl methyl sites for hydroxylation is 2. The molecule has 4 heteroatoms. The molecule has 0 bridgehead atoms. The molecule has 0 fully saturated rings. The van der Waals surface area contributed by atoms with E-state index in [4.69, 9.17) is 4.74 Å². The molecule has 0 atom stereocenters. The average molecular weight is 294 g/mol. The Balaban J connectivity index is 2.35. The van der Waals surface area contributed by atoms with Crippen molar-refractivity contribution in [1.29, 1.82) is 0 Å². The monoisotopic (exact) mass is 294 g/mol. The third kappa shape index (κ3) is 2.37. The van der Waals surface area contributed by atoms with Crippen LogP contribution in [0.25, 0.3) is 16.6 Å². The van der Waals surface area contributed by atoms with E-state index in [0.717, 1.165) is 11.3 Å². The van der Waals surface area contributed by atoms with Crippen LogP contribution in [-0.2, 0) is 0 Å². The zero-order valence-corrected chi connectivity index (χ0v) is 13.0. The fraction of sp³-hybridized carbons (Fsp3) is 0.222. The second-order valence-electron chi connectivity index (χ2n) is 5.22. The van der Waals surface area contributed by atoms with E-state index in [-0.39, 0.29) is 5.56 Å². The van der Waals surface area contributed by atoms with Crippen molar-refractivity contribution in [3.8, 4) is 11.4 Å². The van der Waals surface area contributed by atoms with Gasteiger partial charge >= 0.3 is 0 Å². The molecular weight excluding hydrogens is 276 g/mol. The van der Waals surface area contributed by atoms with Gasteiger partial charge in [-0.05, 0) is 50.6 Å². The number of ether oxygens (including phenoxy) is 1. The fourth-order valence-corrected chi connectivity index (χ4v) is 2.61. The molecule has 0 radical (unpaired) electrons. The molecule has 0 unspecified atom stereocenters. The lowest BCUT2D eigenvalue weighted by molar-refractivity contribution is 0.338. The largest absolute Gasteiger partial charge is 0.492 e. The summed E-state index contributed by atoms with van der Waals surface area (Å²) in [6.07, 6.45) is 0. The van der Waals surface area contributed by atoms with Crippen LogP contribution >= 0.6 is 0 Å². The number of fused-ring (bicyclic) bond motifs is 1. The standard InChI is InChI=1S/C18H18N2O2/c1-4-22-17-10-9-12(2)11-16(17)20-13(3)19-15-8-6-5-7-14(15)18(20)21/h5-11H,4H2,1-3H3. The van der Waals surface area contributed by atoms with Crippen molar-refractivity contribution >= 4 is 10.9 Å². The maximum atomic E-state index is 12.9. The molecule has 0 amide bonds. The minimum Gasteiger partial charge on any atom is -0.492 e. The van der Waals surface area contributed by atoms with E-state index in [1.54, 1.807) is 10.6 Å². The van der Waals surface area contributed by atoms with Gasteiger partial charge in [0.15, 0.2) is 0 Å². The van der Waals surface area contributed by atoms with Gasteiger partial charge in [0.2, 0.25) is 0 Å². The summed E-state index contributed by atoms with van der Waals surface area (Å²) in [4.78, 5) is 17.4. The molecule has 0 saturated heterocycles. The van der Waals surface area contributed by atoms with Gasteiger partial charge in [0.1, 0.15) is 11.6 Å². The summed E-state index contributed by atoms with van der Waals surface area (Å²) in [7, 11) is 0. The summed E-state index contributed by atoms with van der Waals surface area (Å²) in [5, 5.41) is 0.608. The third-order valence-corrected chi connectivity index (χ3v) is 3.60. The number of hydrogen-bond acceptors (Lipinski definition) is 3. The fourth-order valence-electron chi connectivity index (χ4n) is 2.61. The molecule has 0 aliphatic carbocycles. The van der Waals surface area contributed by atoms with Crippen LogP contribution in [0.5, 0.6) is 5.75 Å². The van der Waals surface area contributed by atoms with E-state index < -0.39 is 0 Å². The minimum atomic E-state index is -0.0744. The number of benzene rings is 2. The quantitative estimate of drug-likeness (QED) is 0.743. The Morgan fingerprint density at radius 3 is 2.68 bits per heavy atom. The Morgan fingerprint density at radius 2 is 1.91 bits per heavy atom. The first kappa shape index (κ1) is 14.3. The van der Waals surface area contributed by atoms with Gasteiger partial charge in [-0.1, -0.05) is 18.2 Å². The molecular formula is C18H18N2O2. The van der Waals surface area contributed by atoms with Gasteiger partial charge in [-0.25, -0.2) is 4.98 Å². The molecule has 1 aromatic heterocycles. The van der Waals surface area contributed by atoms with Gasteiger partial charge in [0.25, 0.3) is 5.56 Å². The van der Waals surface area contributed by atoms with Crippen LogP contribution in [0.2, 0.25) is 0 Å². The van der Waals surface area contributed by atoms with Crippen molar-refractivity contribution in [2.75, 3.05) is 6.61 Å².